The van der Waals surface area contributed by atoms with Gasteiger partial charge in [-0.3, -0.25) is 4.68 Å². The maximum Gasteiger partial charge on any atom is 0.264 e. The summed E-state index contributed by atoms with van der Waals surface area (Å²) in [7, 11) is -3.85. The molecule has 13 heteroatoms. The molecule has 0 radical (unpaired) electrons. The second kappa shape index (κ2) is 10.6. The first-order valence-corrected chi connectivity index (χ1v) is 12.9. The fourth-order valence-electron chi connectivity index (χ4n) is 3.39. The van der Waals surface area contributed by atoms with Crippen LogP contribution in [0.1, 0.15) is 17.0 Å². The largest absolute Gasteiger partial charge is 0.332 e. The molecule has 0 spiro atoms. The standard InChI is InChI=1S/C23H21ClFN7O2S2/c1-14-21(15(2)32(30-14)13-18-19(24)5-3-6-20(18)25)29-23(35)28-16-7-9-17(10-8-16)36(33,34)31-22-26-11-4-12-27-22/h3-12H,13H2,1-2H3,(H,26,27,31)(H2,28,29,35). The molecule has 3 N–H and O–H groups in total. The van der Waals surface area contributed by atoms with Gasteiger partial charge in [0.05, 0.1) is 28.5 Å². The number of halogens is 2. The molecule has 0 saturated heterocycles. The number of sulfonamides is 1. The molecule has 36 heavy (non-hydrogen) atoms. The molecular formula is C23H21ClFN7O2S2. The molecule has 0 aliphatic carbocycles. The van der Waals surface area contributed by atoms with Crippen molar-refractivity contribution in [3.63, 3.8) is 0 Å². The van der Waals surface area contributed by atoms with E-state index in [1.54, 1.807) is 41.9 Å². The van der Waals surface area contributed by atoms with E-state index in [0.717, 1.165) is 5.69 Å². The predicted octanol–water partition coefficient (Wildman–Crippen LogP) is 4.74. The molecule has 0 atom stereocenters. The Balaban J connectivity index is 1.43. The van der Waals surface area contributed by atoms with Crippen molar-refractivity contribution in [2.75, 3.05) is 15.4 Å². The Morgan fingerprint density at radius 2 is 1.75 bits per heavy atom. The summed E-state index contributed by atoms with van der Waals surface area (Å²) in [6.07, 6.45) is 2.88. The van der Waals surface area contributed by atoms with Gasteiger partial charge < -0.3 is 10.6 Å². The lowest BCUT2D eigenvalue weighted by Crippen LogP contribution is -2.20. The van der Waals surface area contributed by atoms with Crippen LogP contribution in [-0.2, 0) is 16.6 Å². The first-order valence-electron chi connectivity index (χ1n) is 10.6. The lowest BCUT2D eigenvalue weighted by molar-refractivity contribution is 0.579. The van der Waals surface area contributed by atoms with Crippen molar-refractivity contribution in [2.24, 2.45) is 0 Å². The zero-order valence-electron chi connectivity index (χ0n) is 19.2. The van der Waals surface area contributed by atoms with E-state index in [2.05, 4.69) is 30.4 Å². The van der Waals surface area contributed by atoms with Crippen LogP contribution in [0.3, 0.4) is 0 Å². The van der Waals surface area contributed by atoms with E-state index in [0.29, 0.717) is 27.7 Å². The van der Waals surface area contributed by atoms with Crippen molar-refractivity contribution in [3.05, 3.63) is 88.7 Å². The van der Waals surface area contributed by atoms with Crippen LogP contribution in [0.5, 0.6) is 0 Å². The second-order valence-corrected chi connectivity index (χ2v) is 10.2. The first-order chi connectivity index (χ1) is 17.1. The SMILES string of the molecule is Cc1nn(Cc2c(F)cccc2Cl)c(C)c1NC(=S)Nc1ccc(S(=O)(=O)Nc2ncccn2)cc1. The Morgan fingerprint density at radius 3 is 2.42 bits per heavy atom. The summed E-state index contributed by atoms with van der Waals surface area (Å²) in [5.74, 6) is -0.424. The van der Waals surface area contributed by atoms with Gasteiger partial charge >= 0.3 is 0 Å². The first kappa shape index (κ1) is 25.5. The van der Waals surface area contributed by atoms with E-state index in [-0.39, 0.29) is 22.5 Å². The Labute approximate surface area is 217 Å². The van der Waals surface area contributed by atoms with Crippen molar-refractivity contribution in [3.8, 4) is 0 Å². The number of hydrogen-bond acceptors (Lipinski definition) is 6. The van der Waals surface area contributed by atoms with Crippen LogP contribution in [0.25, 0.3) is 0 Å². The van der Waals surface area contributed by atoms with Gasteiger partial charge in [0, 0.05) is 28.7 Å². The van der Waals surface area contributed by atoms with Gasteiger partial charge in [-0.05, 0) is 68.5 Å². The number of thiocarbonyl (C=S) groups is 1. The fourth-order valence-corrected chi connectivity index (χ4v) is 4.79. The highest BCUT2D eigenvalue weighted by molar-refractivity contribution is 7.92. The molecule has 0 saturated carbocycles. The summed E-state index contributed by atoms with van der Waals surface area (Å²) in [5, 5.41) is 11.2. The average Bonchev–Trinajstić information content (AvgIpc) is 3.09. The Bertz CT molecular complexity index is 1490. The minimum Gasteiger partial charge on any atom is -0.332 e. The number of anilines is 3. The molecule has 2 aromatic heterocycles. The summed E-state index contributed by atoms with van der Waals surface area (Å²) in [6.45, 7) is 3.81. The third-order valence-corrected chi connectivity index (χ3v) is 7.11. The monoisotopic (exact) mass is 545 g/mol. The van der Waals surface area contributed by atoms with Gasteiger partial charge in [-0.25, -0.2) is 27.5 Å². The van der Waals surface area contributed by atoms with Crippen molar-refractivity contribution >= 4 is 56.3 Å². The van der Waals surface area contributed by atoms with Crippen molar-refractivity contribution in [2.45, 2.75) is 25.3 Å². The molecular weight excluding hydrogens is 525 g/mol. The highest BCUT2D eigenvalue weighted by Crippen LogP contribution is 2.25. The minimum absolute atomic E-state index is 0.0198. The van der Waals surface area contributed by atoms with Crippen LogP contribution in [0.4, 0.5) is 21.7 Å². The van der Waals surface area contributed by atoms with Crippen LogP contribution in [0.15, 0.2) is 65.8 Å². The molecule has 0 fully saturated rings. The number of nitrogens with one attached hydrogen (secondary N) is 3. The van der Waals surface area contributed by atoms with E-state index >= 15 is 0 Å². The fraction of sp³-hybridized carbons (Fsp3) is 0.130. The van der Waals surface area contributed by atoms with E-state index in [9.17, 15) is 12.8 Å². The smallest absolute Gasteiger partial charge is 0.264 e. The van der Waals surface area contributed by atoms with E-state index in [1.807, 2.05) is 6.92 Å². The number of nitrogens with zero attached hydrogens (tertiary/aromatic N) is 4. The third kappa shape index (κ3) is 5.78. The molecule has 0 aliphatic heterocycles. The van der Waals surface area contributed by atoms with Crippen LogP contribution >= 0.6 is 23.8 Å². The third-order valence-electron chi connectivity index (χ3n) is 5.20. The number of hydrogen-bond donors (Lipinski definition) is 3. The van der Waals surface area contributed by atoms with Crippen LogP contribution in [0, 0.1) is 19.7 Å². The zero-order valence-corrected chi connectivity index (χ0v) is 21.5. The maximum atomic E-state index is 14.2. The minimum atomic E-state index is -3.85. The Morgan fingerprint density at radius 1 is 1.06 bits per heavy atom. The van der Waals surface area contributed by atoms with E-state index in [4.69, 9.17) is 23.8 Å². The number of benzene rings is 2. The van der Waals surface area contributed by atoms with Crippen molar-refractivity contribution in [1.29, 1.82) is 0 Å². The Kier molecular flexibility index (Phi) is 7.48. The predicted molar refractivity (Wildman–Crippen MR) is 141 cm³/mol. The molecule has 2 aromatic carbocycles. The molecule has 2 heterocycles. The highest BCUT2D eigenvalue weighted by Gasteiger charge is 2.17. The lowest BCUT2D eigenvalue weighted by atomic mass is 10.2. The maximum absolute atomic E-state index is 14.2. The van der Waals surface area contributed by atoms with Gasteiger partial charge in [-0.2, -0.15) is 5.10 Å². The normalized spacial score (nSPS) is 11.2. The molecule has 0 amide bonds. The van der Waals surface area contributed by atoms with E-state index in [1.165, 1.54) is 30.6 Å². The molecule has 0 aliphatic rings. The summed E-state index contributed by atoms with van der Waals surface area (Å²) in [5.41, 5.74) is 3.00. The number of aryl methyl sites for hydroxylation is 1. The van der Waals surface area contributed by atoms with Crippen molar-refractivity contribution in [1.82, 2.24) is 19.7 Å². The summed E-state index contributed by atoms with van der Waals surface area (Å²) in [4.78, 5) is 7.77. The van der Waals surface area contributed by atoms with Gasteiger partial charge in [0.15, 0.2) is 5.11 Å². The van der Waals surface area contributed by atoms with Gasteiger partial charge in [-0.15, -0.1) is 0 Å². The summed E-state index contributed by atoms with van der Waals surface area (Å²) >= 11 is 11.6. The van der Waals surface area contributed by atoms with Crippen LogP contribution in [0.2, 0.25) is 5.02 Å². The van der Waals surface area contributed by atoms with Crippen molar-refractivity contribution < 1.29 is 12.8 Å². The topological polar surface area (TPSA) is 114 Å². The van der Waals surface area contributed by atoms with Gasteiger partial charge in [0.2, 0.25) is 5.95 Å². The van der Waals surface area contributed by atoms with Crippen LogP contribution < -0.4 is 15.4 Å². The molecule has 9 nitrogen and oxygen atoms in total. The zero-order chi connectivity index (χ0) is 25.9. The molecule has 0 unspecified atom stereocenters. The lowest BCUT2D eigenvalue weighted by Gasteiger charge is -2.12. The summed E-state index contributed by atoms with van der Waals surface area (Å²) in [6, 6.07) is 12.2. The molecule has 186 valence electrons. The van der Waals surface area contributed by atoms with Gasteiger partial charge in [0.25, 0.3) is 10.0 Å². The molecule has 4 rings (SSSR count). The molecule has 0 bridgehead atoms. The number of rotatable bonds is 7. The molecule has 4 aromatic rings. The van der Waals surface area contributed by atoms with Gasteiger partial charge in [0.1, 0.15) is 5.82 Å². The van der Waals surface area contributed by atoms with Gasteiger partial charge in [-0.1, -0.05) is 17.7 Å². The van der Waals surface area contributed by atoms with Crippen LogP contribution in [-0.4, -0.2) is 33.3 Å². The van der Waals surface area contributed by atoms with E-state index < -0.39 is 15.8 Å². The quantitative estimate of drug-likeness (QED) is 0.285. The Hall–Kier alpha value is -3.61. The second-order valence-electron chi connectivity index (χ2n) is 7.69. The summed E-state index contributed by atoms with van der Waals surface area (Å²) < 4.78 is 43.3. The average molecular weight is 546 g/mol. The number of aromatic nitrogens is 4. The highest BCUT2D eigenvalue weighted by atomic mass is 35.5.